The summed E-state index contributed by atoms with van der Waals surface area (Å²) in [7, 11) is 1.89. The standard InChI is InChI=1S/C15H21NO2/c1-15(2,3)14(17)18-11-5-6-12-7-9-13(16-4)10-8-12/h5-10,16H,11H2,1-4H3/b6-5+. The Balaban J connectivity index is 2.43. The predicted molar refractivity (Wildman–Crippen MR) is 75.4 cm³/mol. The summed E-state index contributed by atoms with van der Waals surface area (Å²) in [6, 6.07) is 8.02. The van der Waals surface area contributed by atoms with Crippen LogP contribution >= 0.6 is 0 Å². The lowest BCUT2D eigenvalue weighted by Crippen LogP contribution is -2.22. The average Bonchev–Trinajstić information content (AvgIpc) is 2.34. The number of rotatable bonds is 4. The molecule has 0 atom stereocenters. The van der Waals surface area contributed by atoms with E-state index in [1.54, 1.807) is 0 Å². The molecule has 0 bridgehead atoms. The molecule has 0 radical (unpaired) electrons. The maximum Gasteiger partial charge on any atom is 0.311 e. The van der Waals surface area contributed by atoms with Crippen LogP contribution in [0.5, 0.6) is 0 Å². The van der Waals surface area contributed by atoms with Gasteiger partial charge in [0.05, 0.1) is 5.41 Å². The summed E-state index contributed by atoms with van der Waals surface area (Å²) in [4.78, 5) is 11.5. The van der Waals surface area contributed by atoms with Gasteiger partial charge in [0.15, 0.2) is 0 Å². The molecule has 0 aliphatic rings. The van der Waals surface area contributed by atoms with Crippen LogP contribution in [0.15, 0.2) is 30.3 Å². The van der Waals surface area contributed by atoms with Crippen LogP contribution in [0.25, 0.3) is 6.08 Å². The summed E-state index contributed by atoms with van der Waals surface area (Å²) in [6.07, 6.45) is 3.79. The van der Waals surface area contributed by atoms with E-state index in [1.807, 2.05) is 64.2 Å². The third-order valence-electron chi connectivity index (χ3n) is 2.43. The van der Waals surface area contributed by atoms with Crippen LogP contribution in [0.3, 0.4) is 0 Å². The predicted octanol–water partition coefficient (Wildman–Crippen LogP) is 3.33. The molecule has 0 aliphatic heterocycles. The van der Waals surface area contributed by atoms with Gasteiger partial charge in [-0.05, 0) is 44.5 Å². The van der Waals surface area contributed by atoms with Crippen molar-refractivity contribution >= 4 is 17.7 Å². The van der Waals surface area contributed by atoms with Crippen molar-refractivity contribution in [1.29, 1.82) is 0 Å². The molecule has 1 rings (SSSR count). The first kappa shape index (κ1) is 14.3. The second-order valence-corrected chi connectivity index (χ2v) is 5.12. The molecule has 1 aromatic rings. The maximum atomic E-state index is 11.5. The zero-order valence-corrected chi connectivity index (χ0v) is 11.5. The molecule has 0 saturated carbocycles. The molecular formula is C15H21NO2. The van der Waals surface area contributed by atoms with Gasteiger partial charge in [-0.2, -0.15) is 0 Å². The van der Waals surface area contributed by atoms with E-state index in [4.69, 9.17) is 4.74 Å². The number of anilines is 1. The van der Waals surface area contributed by atoms with Crippen molar-refractivity contribution in [3.63, 3.8) is 0 Å². The fourth-order valence-electron chi connectivity index (χ4n) is 1.29. The highest BCUT2D eigenvalue weighted by atomic mass is 16.5. The summed E-state index contributed by atoms with van der Waals surface area (Å²) in [5.41, 5.74) is 1.72. The number of nitrogens with one attached hydrogen (secondary N) is 1. The van der Waals surface area contributed by atoms with Gasteiger partial charge in [0.1, 0.15) is 6.61 Å². The zero-order valence-electron chi connectivity index (χ0n) is 11.5. The molecule has 0 amide bonds. The Morgan fingerprint density at radius 2 is 1.89 bits per heavy atom. The quantitative estimate of drug-likeness (QED) is 0.829. The van der Waals surface area contributed by atoms with Gasteiger partial charge in [-0.3, -0.25) is 4.79 Å². The molecule has 0 spiro atoms. The molecule has 18 heavy (non-hydrogen) atoms. The second kappa shape index (κ2) is 6.24. The maximum absolute atomic E-state index is 11.5. The first-order valence-electron chi connectivity index (χ1n) is 6.05. The molecule has 1 N–H and O–H groups in total. The van der Waals surface area contributed by atoms with E-state index in [1.165, 1.54) is 0 Å². The Hall–Kier alpha value is -1.77. The molecular weight excluding hydrogens is 226 g/mol. The van der Waals surface area contributed by atoms with Crippen LogP contribution < -0.4 is 5.32 Å². The SMILES string of the molecule is CNc1ccc(/C=C/COC(=O)C(C)(C)C)cc1. The van der Waals surface area contributed by atoms with Crippen LogP contribution in [-0.4, -0.2) is 19.6 Å². The first-order valence-corrected chi connectivity index (χ1v) is 6.05. The number of hydrogen-bond acceptors (Lipinski definition) is 3. The number of hydrogen-bond donors (Lipinski definition) is 1. The third kappa shape index (κ3) is 4.62. The van der Waals surface area contributed by atoms with Crippen molar-refractivity contribution in [2.24, 2.45) is 5.41 Å². The Kier molecular flexibility index (Phi) is 4.95. The lowest BCUT2D eigenvalue weighted by Gasteiger charge is -2.15. The molecule has 1 aromatic carbocycles. The van der Waals surface area contributed by atoms with E-state index in [0.717, 1.165) is 11.3 Å². The highest BCUT2D eigenvalue weighted by Crippen LogP contribution is 2.15. The summed E-state index contributed by atoms with van der Waals surface area (Å²) in [6.45, 7) is 5.84. The van der Waals surface area contributed by atoms with E-state index in [0.29, 0.717) is 6.61 Å². The Morgan fingerprint density at radius 3 is 2.39 bits per heavy atom. The number of carbonyl (C=O) groups is 1. The average molecular weight is 247 g/mol. The molecule has 3 nitrogen and oxygen atoms in total. The molecule has 0 heterocycles. The highest BCUT2D eigenvalue weighted by molar-refractivity contribution is 5.75. The van der Waals surface area contributed by atoms with Crippen molar-refractivity contribution in [3.05, 3.63) is 35.9 Å². The van der Waals surface area contributed by atoms with Crippen molar-refractivity contribution in [1.82, 2.24) is 0 Å². The van der Waals surface area contributed by atoms with Gasteiger partial charge >= 0.3 is 5.97 Å². The minimum atomic E-state index is -0.442. The molecule has 0 aliphatic carbocycles. The van der Waals surface area contributed by atoms with Crippen molar-refractivity contribution in [2.45, 2.75) is 20.8 Å². The van der Waals surface area contributed by atoms with Gasteiger partial charge in [-0.15, -0.1) is 0 Å². The lowest BCUT2D eigenvalue weighted by molar-refractivity contribution is -0.151. The van der Waals surface area contributed by atoms with Crippen molar-refractivity contribution in [3.8, 4) is 0 Å². The van der Waals surface area contributed by atoms with Crippen LogP contribution in [0.4, 0.5) is 5.69 Å². The largest absolute Gasteiger partial charge is 0.461 e. The zero-order chi connectivity index (χ0) is 13.6. The third-order valence-corrected chi connectivity index (χ3v) is 2.43. The molecule has 0 aromatic heterocycles. The van der Waals surface area contributed by atoms with Crippen LogP contribution in [-0.2, 0) is 9.53 Å². The fraction of sp³-hybridized carbons (Fsp3) is 0.400. The van der Waals surface area contributed by atoms with Crippen molar-refractivity contribution < 1.29 is 9.53 Å². The van der Waals surface area contributed by atoms with Crippen LogP contribution in [0.1, 0.15) is 26.3 Å². The number of ether oxygens (including phenoxy) is 1. The molecule has 3 heteroatoms. The molecule has 0 fully saturated rings. The first-order chi connectivity index (χ1) is 8.43. The Bertz CT molecular complexity index is 413. The number of benzene rings is 1. The number of esters is 1. The topological polar surface area (TPSA) is 38.3 Å². The van der Waals surface area contributed by atoms with Gasteiger partial charge in [0.2, 0.25) is 0 Å². The van der Waals surface area contributed by atoms with E-state index in [2.05, 4.69) is 5.32 Å². The minimum absolute atomic E-state index is 0.183. The monoisotopic (exact) mass is 247 g/mol. The van der Waals surface area contributed by atoms with E-state index in [-0.39, 0.29) is 5.97 Å². The Morgan fingerprint density at radius 1 is 1.28 bits per heavy atom. The van der Waals surface area contributed by atoms with Gasteiger partial charge in [-0.1, -0.05) is 18.2 Å². The summed E-state index contributed by atoms with van der Waals surface area (Å²) >= 11 is 0. The molecule has 0 saturated heterocycles. The van der Waals surface area contributed by atoms with Crippen LogP contribution in [0, 0.1) is 5.41 Å². The molecule has 0 unspecified atom stereocenters. The van der Waals surface area contributed by atoms with Crippen molar-refractivity contribution in [2.75, 3.05) is 19.0 Å². The lowest BCUT2D eigenvalue weighted by atomic mass is 9.97. The normalized spacial score (nSPS) is 11.6. The summed E-state index contributed by atoms with van der Waals surface area (Å²) in [5.74, 6) is -0.183. The summed E-state index contributed by atoms with van der Waals surface area (Å²) in [5, 5.41) is 3.06. The van der Waals surface area contributed by atoms with E-state index < -0.39 is 5.41 Å². The van der Waals surface area contributed by atoms with Gasteiger partial charge in [0.25, 0.3) is 0 Å². The van der Waals surface area contributed by atoms with E-state index in [9.17, 15) is 4.79 Å². The highest BCUT2D eigenvalue weighted by Gasteiger charge is 2.22. The molecule has 98 valence electrons. The van der Waals surface area contributed by atoms with E-state index >= 15 is 0 Å². The van der Waals surface area contributed by atoms with Crippen LogP contribution in [0.2, 0.25) is 0 Å². The minimum Gasteiger partial charge on any atom is -0.461 e. The number of carbonyl (C=O) groups excluding carboxylic acids is 1. The fourth-order valence-corrected chi connectivity index (χ4v) is 1.29. The second-order valence-electron chi connectivity index (χ2n) is 5.12. The van der Waals surface area contributed by atoms with Gasteiger partial charge in [0, 0.05) is 12.7 Å². The smallest absolute Gasteiger partial charge is 0.311 e. The Labute approximate surface area is 109 Å². The van der Waals surface area contributed by atoms with Gasteiger partial charge < -0.3 is 10.1 Å². The summed E-state index contributed by atoms with van der Waals surface area (Å²) < 4.78 is 5.13. The van der Waals surface area contributed by atoms with Gasteiger partial charge in [-0.25, -0.2) is 0 Å².